The standard InChI is InChI=1S/C25H20ClN5O/c1-17-23(24(26)31(29-17)15-18-7-3-2-4-8-18)25(32)28-19-11-13-20(14-12-19)30-16-27-21-9-5-6-10-22(21)30/h2-14,16H,15H2,1H3,(H,28,32). The fourth-order valence-corrected chi connectivity index (χ4v) is 4.06. The topological polar surface area (TPSA) is 64.7 Å². The van der Waals surface area contributed by atoms with E-state index in [-0.39, 0.29) is 5.91 Å². The van der Waals surface area contributed by atoms with Crippen LogP contribution >= 0.6 is 11.6 Å². The van der Waals surface area contributed by atoms with Crippen LogP contribution in [0.5, 0.6) is 0 Å². The summed E-state index contributed by atoms with van der Waals surface area (Å²) in [5.41, 5.74) is 5.62. The van der Waals surface area contributed by atoms with Gasteiger partial charge < -0.3 is 5.32 Å². The molecule has 6 nitrogen and oxygen atoms in total. The first-order chi connectivity index (χ1) is 15.6. The van der Waals surface area contributed by atoms with E-state index in [0.717, 1.165) is 22.3 Å². The van der Waals surface area contributed by atoms with Crippen LogP contribution in [0.1, 0.15) is 21.6 Å². The number of nitrogens with one attached hydrogen (secondary N) is 1. The maximum absolute atomic E-state index is 12.9. The number of aromatic nitrogens is 4. The Kier molecular flexibility index (Phi) is 5.21. The van der Waals surface area contributed by atoms with Gasteiger partial charge in [-0.15, -0.1) is 0 Å². The third-order valence-corrected chi connectivity index (χ3v) is 5.71. The van der Waals surface area contributed by atoms with E-state index in [4.69, 9.17) is 11.6 Å². The Morgan fingerprint density at radius 1 is 0.969 bits per heavy atom. The van der Waals surface area contributed by atoms with Crippen LogP contribution in [0.2, 0.25) is 5.15 Å². The first kappa shape index (κ1) is 20.0. The third kappa shape index (κ3) is 3.76. The second kappa shape index (κ2) is 8.32. The number of fused-ring (bicyclic) bond motifs is 1. The molecule has 32 heavy (non-hydrogen) atoms. The van der Waals surface area contributed by atoms with Crippen molar-refractivity contribution in [2.75, 3.05) is 5.32 Å². The summed E-state index contributed by atoms with van der Waals surface area (Å²) in [5.74, 6) is -0.285. The summed E-state index contributed by atoms with van der Waals surface area (Å²) >= 11 is 6.52. The lowest BCUT2D eigenvalue weighted by Crippen LogP contribution is -2.13. The molecular weight excluding hydrogens is 422 g/mol. The zero-order valence-corrected chi connectivity index (χ0v) is 18.1. The molecule has 7 heteroatoms. The molecule has 158 valence electrons. The normalized spacial score (nSPS) is 11.1. The van der Waals surface area contributed by atoms with Gasteiger partial charge in [-0.1, -0.05) is 54.1 Å². The molecule has 2 heterocycles. The number of imidazole rings is 1. The Morgan fingerprint density at radius 3 is 2.47 bits per heavy atom. The second-order valence-electron chi connectivity index (χ2n) is 7.50. The minimum Gasteiger partial charge on any atom is -0.322 e. The Morgan fingerprint density at radius 2 is 1.69 bits per heavy atom. The Bertz CT molecular complexity index is 1400. The molecule has 3 aromatic carbocycles. The van der Waals surface area contributed by atoms with Gasteiger partial charge in [-0.05, 0) is 48.9 Å². The maximum Gasteiger partial charge on any atom is 0.260 e. The molecule has 0 aliphatic carbocycles. The van der Waals surface area contributed by atoms with E-state index in [1.807, 2.05) is 83.4 Å². The van der Waals surface area contributed by atoms with Gasteiger partial charge in [0.25, 0.3) is 5.91 Å². The van der Waals surface area contributed by atoms with Gasteiger partial charge in [-0.2, -0.15) is 5.10 Å². The van der Waals surface area contributed by atoms with Gasteiger partial charge in [0.2, 0.25) is 0 Å². The predicted octanol–water partition coefficient (Wildman–Crippen LogP) is 5.48. The summed E-state index contributed by atoms with van der Waals surface area (Å²) in [6.07, 6.45) is 1.79. The number of halogens is 1. The van der Waals surface area contributed by atoms with E-state index in [1.165, 1.54) is 0 Å². The first-order valence-electron chi connectivity index (χ1n) is 10.2. The van der Waals surface area contributed by atoms with Crippen LogP contribution in [0, 0.1) is 6.92 Å². The number of para-hydroxylation sites is 2. The van der Waals surface area contributed by atoms with Crippen molar-refractivity contribution >= 4 is 34.2 Å². The van der Waals surface area contributed by atoms with Gasteiger partial charge in [0, 0.05) is 11.4 Å². The van der Waals surface area contributed by atoms with Crippen molar-refractivity contribution in [3.63, 3.8) is 0 Å². The minimum atomic E-state index is -0.285. The molecule has 2 aromatic heterocycles. The molecule has 0 aliphatic rings. The Labute approximate surface area is 190 Å². The number of hydrogen-bond acceptors (Lipinski definition) is 3. The largest absolute Gasteiger partial charge is 0.322 e. The van der Waals surface area contributed by atoms with Crippen molar-refractivity contribution in [1.82, 2.24) is 19.3 Å². The van der Waals surface area contributed by atoms with Crippen molar-refractivity contribution in [2.24, 2.45) is 0 Å². The molecule has 0 spiro atoms. The molecule has 0 fully saturated rings. The van der Waals surface area contributed by atoms with E-state index < -0.39 is 0 Å². The molecule has 5 rings (SSSR count). The highest BCUT2D eigenvalue weighted by Crippen LogP contribution is 2.24. The Balaban J connectivity index is 1.35. The van der Waals surface area contributed by atoms with E-state index in [2.05, 4.69) is 15.4 Å². The molecular formula is C25H20ClN5O. The van der Waals surface area contributed by atoms with Crippen molar-refractivity contribution in [1.29, 1.82) is 0 Å². The van der Waals surface area contributed by atoms with Crippen LogP contribution in [0.25, 0.3) is 16.7 Å². The van der Waals surface area contributed by atoms with Crippen molar-refractivity contribution < 1.29 is 4.79 Å². The van der Waals surface area contributed by atoms with E-state index in [9.17, 15) is 4.79 Å². The second-order valence-corrected chi connectivity index (χ2v) is 7.86. The fourth-order valence-electron chi connectivity index (χ4n) is 3.74. The number of nitrogens with zero attached hydrogens (tertiary/aromatic N) is 4. The molecule has 0 saturated carbocycles. The number of carbonyl (C=O) groups is 1. The molecule has 0 unspecified atom stereocenters. The smallest absolute Gasteiger partial charge is 0.260 e. The quantitative estimate of drug-likeness (QED) is 0.392. The number of hydrogen-bond donors (Lipinski definition) is 1. The lowest BCUT2D eigenvalue weighted by Gasteiger charge is -2.08. The summed E-state index contributed by atoms with van der Waals surface area (Å²) in [5, 5.41) is 7.71. The van der Waals surface area contributed by atoms with Crippen LogP contribution in [0.4, 0.5) is 5.69 Å². The minimum absolute atomic E-state index is 0.285. The van der Waals surface area contributed by atoms with Gasteiger partial charge in [0.05, 0.1) is 28.8 Å². The number of anilines is 1. The molecule has 0 aliphatic heterocycles. The highest BCUT2D eigenvalue weighted by Gasteiger charge is 2.20. The van der Waals surface area contributed by atoms with Gasteiger partial charge in [-0.3, -0.25) is 9.36 Å². The van der Waals surface area contributed by atoms with Gasteiger partial charge >= 0.3 is 0 Å². The van der Waals surface area contributed by atoms with Crippen molar-refractivity contribution in [2.45, 2.75) is 13.5 Å². The lowest BCUT2D eigenvalue weighted by atomic mass is 10.2. The number of benzene rings is 3. The van der Waals surface area contributed by atoms with Crippen molar-refractivity contribution in [3.05, 3.63) is 107 Å². The maximum atomic E-state index is 12.9. The molecule has 5 aromatic rings. The molecule has 0 radical (unpaired) electrons. The summed E-state index contributed by atoms with van der Waals surface area (Å²) in [4.78, 5) is 17.4. The summed E-state index contributed by atoms with van der Waals surface area (Å²) in [6, 6.07) is 25.4. The van der Waals surface area contributed by atoms with E-state index in [0.29, 0.717) is 28.6 Å². The van der Waals surface area contributed by atoms with Crippen molar-refractivity contribution in [3.8, 4) is 5.69 Å². The molecule has 1 amide bonds. The van der Waals surface area contributed by atoms with Gasteiger partial charge in [0.1, 0.15) is 11.5 Å². The summed E-state index contributed by atoms with van der Waals surface area (Å²) in [7, 11) is 0. The summed E-state index contributed by atoms with van der Waals surface area (Å²) < 4.78 is 3.66. The van der Waals surface area contributed by atoms with Gasteiger partial charge in [0.15, 0.2) is 0 Å². The first-order valence-corrected chi connectivity index (χ1v) is 10.6. The number of rotatable bonds is 5. The third-order valence-electron chi connectivity index (χ3n) is 5.32. The van der Waals surface area contributed by atoms with Crippen LogP contribution in [-0.2, 0) is 6.54 Å². The lowest BCUT2D eigenvalue weighted by molar-refractivity contribution is 0.102. The van der Waals surface area contributed by atoms with Crippen LogP contribution in [0.3, 0.4) is 0 Å². The molecule has 0 atom stereocenters. The number of aryl methyl sites for hydroxylation is 1. The number of carbonyl (C=O) groups excluding carboxylic acids is 1. The summed E-state index contributed by atoms with van der Waals surface area (Å²) in [6.45, 7) is 2.29. The van der Waals surface area contributed by atoms with Crippen LogP contribution < -0.4 is 5.32 Å². The van der Waals surface area contributed by atoms with Gasteiger partial charge in [-0.25, -0.2) is 9.67 Å². The highest BCUT2D eigenvalue weighted by molar-refractivity contribution is 6.33. The molecule has 0 bridgehead atoms. The van der Waals surface area contributed by atoms with Crippen LogP contribution in [-0.4, -0.2) is 25.2 Å². The van der Waals surface area contributed by atoms with Crippen LogP contribution in [0.15, 0.2) is 85.2 Å². The Hall–Kier alpha value is -3.90. The van der Waals surface area contributed by atoms with E-state index in [1.54, 1.807) is 17.9 Å². The average Bonchev–Trinajstić information content (AvgIpc) is 3.35. The zero-order valence-electron chi connectivity index (χ0n) is 17.4. The average molecular weight is 442 g/mol. The van der Waals surface area contributed by atoms with E-state index >= 15 is 0 Å². The molecule has 0 saturated heterocycles. The fraction of sp³-hybridized carbons (Fsp3) is 0.0800. The molecule has 1 N–H and O–H groups in total. The number of amides is 1. The predicted molar refractivity (Wildman–Crippen MR) is 127 cm³/mol. The highest BCUT2D eigenvalue weighted by atomic mass is 35.5. The SMILES string of the molecule is Cc1nn(Cc2ccccc2)c(Cl)c1C(=O)Nc1ccc(-n2cnc3ccccc32)cc1. The zero-order chi connectivity index (χ0) is 22.1. The monoisotopic (exact) mass is 441 g/mol.